The van der Waals surface area contributed by atoms with Gasteiger partial charge in [-0.25, -0.2) is 0 Å². The van der Waals surface area contributed by atoms with Crippen LogP contribution in [0.15, 0.2) is 17.4 Å². The van der Waals surface area contributed by atoms with E-state index in [-0.39, 0.29) is 0 Å². The molecule has 5 heavy (non-hydrogen) atoms. The van der Waals surface area contributed by atoms with Crippen LogP contribution in [0.25, 0.3) is 0 Å². The zero-order chi connectivity index (χ0) is 4.12. The summed E-state index contributed by atoms with van der Waals surface area (Å²) in [5.74, 6) is 0. The Kier molecular flexibility index (Phi) is 3.70. The molecule has 0 N–H and O–H groups in total. The molecule has 0 saturated heterocycles. The van der Waals surface area contributed by atoms with Crippen LogP contribution in [0.4, 0.5) is 0 Å². The van der Waals surface area contributed by atoms with Crippen molar-refractivity contribution in [1.82, 2.24) is 0 Å². The van der Waals surface area contributed by atoms with Crippen molar-refractivity contribution in [3.63, 3.8) is 0 Å². The highest BCUT2D eigenvalue weighted by Crippen LogP contribution is 1.96. The molecule has 0 fully saturated rings. The largest absolute Gasteiger partial charge is 0.107 e. The quantitative estimate of drug-likeness (QED) is 0.492. The average molecular weight is 85.2 g/mol. The van der Waals surface area contributed by atoms with Crippen molar-refractivity contribution in [3.05, 3.63) is 24.0 Å². The number of hydrogen-bond acceptors (Lipinski definition) is 1. The molecule has 0 saturated carbocycles. The molecule has 0 aromatic heterocycles. The minimum atomic E-state index is 1.38. The molecule has 0 heterocycles. The molecule has 0 atom stereocenters. The summed E-state index contributed by atoms with van der Waals surface area (Å²) in [6, 6.07) is 0. The molecule has 0 bridgehead atoms. The molecule has 0 aliphatic heterocycles. The Labute approximate surface area is 36.6 Å². The molecule has 0 unspecified atom stereocenters. The van der Waals surface area contributed by atoms with Crippen LogP contribution in [0.5, 0.6) is 0 Å². The lowest BCUT2D eigenvalue weighted by molar-refractivity contribution is 2.51. The zero-order valence-corrected chi connectivity index (χ0v) is 3.66. The van der Waals surface area contributed by atoms with Crippen LogP contribution in [-0.4, -0.2) is 0 Å². The molecule has 0 spiro atoms. The fourth-order valence-corrected chi connectivity index (χ4v) is 0.167. The van der Waals surface area contributed by atoms with E-state index in [1.54, 1.807) is 5.41 Å². The van der Waals surface area contributed by atoms with E-state index in [4.69, 9.17) is 6.58 Å². The molecular formula is C4H5S. The van der Waals surface area contributed by atoms with Crippen molar-refractivity contribution >= 4 is 11.8 Å². The van der Waals surface area contributed by atoms with E-state index in [0.717, 1.165) is 0 Å². The van der Waals surface area contributed by atoms with Crippen LogP contribution >= 0.6 is 11.8 Å². The van der Waals surface area contributed by atoms with Crippen molar-refractivity contribution in [3.8, 4) is 0 Å². The summed E-state index contributed by atoms with van der Waals surface area (Å²) in [4.78, 5) is 0. The fraction of sp³-hybridized carbons (Fsp3) is 0. The predicted octanol–water partition coefficient (Wildman–Crippen LogP) is 1.81. The van der Waals surface area contributed by atoms with Gasteiger partial charge in [0.25, 0.3) is 0 Å². The Morgan fingerprint density at radius 1 is 1.80 bits per heavy atom. The van der Waals surface area contributed by atoms with Crippen molar-refractivity contribution in [2.45, 2.75) is 0 Å². The van der Waals surface area contributed by atoms with Gasteiger partial charge in [-0.1, -0.05) is 13.2 Å². The molecule has 1 heteroatoms. The monoisotopic (exact) mass is 85.0 g/mol. The standard InChI is InChI=1S/C4H5S/c1-3-5-4-2/h1,3-4H,2H2. The van der Waals surface area contributed by atoms with Gasteiger partial charge in [0.15, 0.2) is 0 Å². The summed E-state index contributed by atoms with van der Waals surface area (Å²) >= 11 is 1.38. The molecule has 27 valence electrons. The Morgan fingerprint density at radius 3 is 2.40 bits per heavy atom. The lowest BCUT2D eigenvalue weighted by atomic mass is 11.3. The maximum atomic E-state index is 4.91. The second-order valence-corrected chi connectivity index (χ2v) is 1.32. The van der Waals surface area contributed by atoms with E-state index in [1.807, 2.05) is 0 Å². The van der Waals surface area contributed by atoms with Crippen LogP contribution in [0.3, 0.4) is 0 Å². The van der Waals surface area contributed by atoms with Crippen LogP contribution < -0.4 is 0 Å². The van der Waals surface area contributed by atoms with Crippen molar-refractivity contribution < 1.29 is 0 Å². The molecule has 0 nitrogen and oxygen atoms in total. The SMILES string of the molecule is [CH]=CSC=C. The van der Waals surface area contributed by atoms with E-state index in [1.165, 1.54) is 17.2 Å². The molecular weight excluding hydrogens is 80.1 g/mol. The Hall–Kier alpha value is -0.170. The second kappa shape index (κ2) is 3.83. The third-order valence-electron chi connectivity index (χ3n) is 0.175. The Bertz CT molecular complexity index is 32.9. The first-order valence-electron chi connectivity index (χ1n) is 1.21. The minimum Gasteiger partial charge on any atom is -0.107 e. The van der Waals surface area contributed by atoms with E-state index in [0.29, 0.717) is 0 Å². The van der Waals surface area contributed by atoms with Gasteiger partial charge in [0.05, 0.1) is 0 Å². The molecule has 0 aromatic rings. The summed E-state index contributed by atoms with van der Waals surface area (Å²) in [5, 5.41) is 3.15. The van der Waals surface area contributed by atoms with Gasteiger partial charge in [-0.05, 0) is 10.8 Å². The summed E-state index contributed by atoms with van der Waals surface area (Å²) in [6.45, 7) is 8.31. The maximum Gasteiger partial charge on any atom is -0.0248 e. The lowest BCUT2D eigenvalue weighted by Crippen LogP contribution is -1.26. The first-order chi connectivity index (χ1) is 2.41. The minimum absolute atomic E-state index is 1.38. The molecule has 0 amide bonds. The molecule has 0 aliphatic rings. The van der Waals surface area contributed by atoms with Crippen molar-refractivity contribution in [2.24, 2.45) is 0 Å². The number of rotatable bonds is 2. The van der Waals surface area contributed by atoms with Gasteiger partial charge in [0.2, 0.25) is 0 Å². The van der Waals surface area contributed by atoms with Gasteiger partial charge in [0.1, 0.15) is 0 Å². The van der Waals surface area contributed by atoms with Crippen LogP contribution in [0.1, 0.15) is 0 Å². The third-order valence-corrected chi connectivity index (χ3v) is 0.524. The topological polar surface area (TPSA) is 0 Å². The van der Waals surface area contributed by atoms with Crippen LogP contribution in [-0.2, 0) is 0 Å². The summed E-state index contributed by atoms with van der Waals surface area (Å²) < 4.78 is 0. The molecule has 0 aliphatic carbocycles. The first-order valence-corrected chi connectivity index (χ1v) is 2.16. The lowest BCUT2D eigenvalue weighted by Gasteiger charge is -1.65. The molecule has 0 aromatic carbocycles. The van der Waals surface area contributed by atoms with Gasteiger partial charge in [-0.15, -0.1) is 11.8 Å². The van der Waals surface area contributed by atoms with E-state index in [2.05, 4.69) is 6.58 Å². The Balaban J connectivity index is 2.65. The summed E-state index contributed by atoms with van der Waals surface area (Å²) in [6.07, 6.45) is 0. The van der Waals surface area contributed by atoms with Crippen LogP contribution in [0, 0.1) is 6.58 Å². The second-order valence-electron chi connectivity index (χ2n) is 0.439. The van der Waals surface area contributed by atoms with Gasteiger partial charge in [0, 0.05) is 0 Å². The predicted molar refractivity (Wildman–Crippen MR) is 26.7 cm³/mol. The zero-order valence-electron chi connectivity index (χ0n) is 2.85. The van der Waals surface area contributed by atoms with Crippen molar-refractivity contribution in [1.29, 1.82) is 0 Å². The normalized spacial score (nSPS) is 6.40. The highest BCUT2D eigenvalue weighted by atomic mass is 32.2. The molecule has 0 rings (SSSR count). The summed E-state index contributed by atoms with van der Waals surface area (Å²) in [5.41, 5.74) is 0. The maximum absolute atomic E-state index is 4.91. The highest BCUT2D eigenvalue weighted by Gasteiger charge is 1.52. The van der Waals surface area contributed by atoms with Crippen molar-refractivity contribution in [2.75, 3.05) is 0 Å². The smallest absolute Gasteiger partial charge is 0.0248 e. The highest BCUT2D eigenvalue weighted by molar-refractivity contribution is 8.04. The third kappa shape index (κ3) is 3.83. The van der Waals surface area contributed by atoms with Gasteiger partial charge in [-0.2, -0.15) is 0 Å². The number of thioether (sulfide) groups is 1. The summed E-state index contributed by atoms with van der Waals surface area (Å²) in [7, 11) is 0. The van der Waals surface area contributed by atoms with Crippen LogP contribution in [0.2, 0.25) is 0 Å². The van der Waals surface area contributed by atoms with E-state index in [9.17, 15) is 0 Å². The average Bonchev–Trinajstić information content (AvgIpc) is 1.41. The first kappa shape index (κ1) is 4.83. The fourth-order valence-electron chi connectivity index (χ4n) is 0.0556. The van der Waals surface area contributed by atoms with Gasteiger partial charge in [-0.3, -0.25) is 0 Å². The van der Waals surface area contributed by atoms with Gasteiger partial charge < -0.3 is 0 Å². The molecule has 1 radical (unpaired) electrons. The Morgan fingerprint density at radius 2 is 2.40 bits per heavy atom. The van der Waals surface area contributed by atoms with E-state index >= 15 is 0 Å². The van der Waals surface area contributed by atoms with E-state index < -0.39 is 0 Å². The number of hydrogen-bond donors (Lipinski definition) is 0. The van der Waals surface area contributed by atoms with Gasteiger partial charge >= 0.3 is 0 Å².